The largest absolute Gasteiger partial charge is 0.450 e. The molecule has 206 valence electrons. The van der Waals surface area contributed by atoms with Gasteiger partial charge in [0.25, 0.3) is 0 Å². The summed E-state index contributed by atoms with van der Waals surface area (Å²) in [6, 6.07) is 6.20. The van der Waals surface area contributed by atoms with Crippen LogP contribution < -0.4 is 4.18 Å². The minimum atomic E-state index is -7.20. The van der Waals surface area contributed by atoms with Crippen molar-refractivity contribution in [1.29, 1.82) is 0 Å². The Balaban J connectivity index is 2.57. The molecule has 0 saturated heterocycles. The van der Waals surface area contributed by atoms with Crippen molar-refractivity contribution in [1.82, 2.24) is 0 Å². The smallest absolute Gasteiger partial charge is 0.377 e. The first-order valence-corrected chi connectivity index (χ1v) is 13.0. The molecular weight excluding hydrogens is 558 g/mol. The first-order valence-electron chi connectivity index (χ1n) is 10.2. The highest BCUT2D eigenvalue weighted by Gasteiger charge is 2.83. The summed E-state index contributed by atoms with van der Waals surface area (Å²) in [6.07, 6.45) is -0.182. The van der Waals surface area contributed by atoms with Crippen molar-refractivity contribution in [2.24, 2.45) is 5.41 Å². The number of hydrogen-bond acceptors (Lipinski definition) is 7. The monoisotopic (exact) mass is 578 g/mol. The van der Waals surface area contributed by atoms with Crippen molar-refractivity contribution in [3.05, 3.63) is 42.0 Å². The number of halogens is 6. The van der Waals surface area contributed by atoms with Crippen LogP contribution in [0.4, 0.5) is 26.3 Å². The van der Waals surface area contributed by atoms with Crippen LogP contribution in [0.5, 0.6) is 5.75 Å². The number of fused-ring (bicyclic) bond motifs is 1. The fourth-order valence-electron chi connectivity index (χ4n) is 2.92. The second-order valence-corrected chi connectivity index (χ2v) is 11.6. The molecule has 1 N–H and O–H groups in total. The Hall–Kier alpha value is -2.72. The maximum absolute atomic E-state index is 14.2. The van der Waals surface area contributed by atoms with Gasteiger partial charge >= 0.3 is 36.7 Å². The highest BCUT2D eigenvalue weighted by molar-refractivity contribution is 7.88. The van der Waals surface area contributed by atoms with Gasteiger partial charge in [-0.1, -0.05) is 45.0 Å². The van der Waals surface area contributed by atoms with Crippen LogP contribution in [-0.4, -0.2) is 49.4 Å². The zero-order valence-corrected chi connectivity index (χ0v) is 20.9. The number of Topliss-reactive ketones (excluding diaryl/α,β-unsaturated/α-hetero) is 2. The number of rotatable bonds is 11. The first kappa shape index (κ1) is 30.5. The summed E-state index contributed by atoms with van der Waals surface area (Å²) in [5.74, 6) is -9.46. The molecule has 0 amide bonds. The number of alkyl halides is 6. The Kier molecular flexibility index (Phi) is 7.87. The molecule has 0 aliphatic carbocycles. The Morgan fingerprint density at radius 2 is 1.38 bits per heavy atom. The fourth-order valence-corrected chi connectivity index (χ4v) is 4.37. The molecule has 0 atom stereocenters. The van der Waals surface area contributed by atoms with Crippen LogP contribution in [0.25, 0.3) is 10.8 Å². The number of carbonyl (C=O) groups is 2. The second kappa shape index (κ2) is 9.54. The van der Waals surface area contributed by atoms with Crippen molar-refractivity contribution in [3.63, 3.8) is 0 Å². The van der Waals surface area contributed by atoms with Gasteiger partial charge in [0.2, 0.25) is 0 Å². The molecule has 0 fully saturated rings. The lowest BCUT2D eigenvalue weighted by atomic mass is 9.82. The molecule has 37 heavy (non-hydrogen) atoms. The lowest BCUT2D eigenvalue weighted by Gasteiger charge is -2.29. The Morgan fingerprint density at radius 1 is 0.865 bits per heavy atom. The van der Waals surface area contributed by atoms with Gasteiger partial charge in [0.1, 0.15) is 5.78 Å². The van der Waals surface area contributed by atoms with Crippen molar-refractivity contribution < 1.29 is 61.5 Å². The van der Waals surface area contributed by atoms with Crippen LogP contribution in [0.3, 0.4) is 0 Å². The van der Waals surface area contributed by atoms with Gasteiger partial charge in [0.15, 0.2) is 11.5 Å². The van der Waals surface area contributed by atoms with E-state index in [0.29, 0.717) is 12.5 Å². The van der Waals surface area contributed by atoms with Crippen LogP contribution in [0.1, 0.15) is 44.0 Å². The van der Waals surface area contributed by atoms with E-state index in [9.17, 15) is 52.8 Å². The molecule has 0 aliphatic heterocycles. The minimum absolute atomic E-state index is 0.152. The standard InChI is InChI=1S/C21H20F6O8S2/c1-4-18(2,3)17(29)11-15(28)13-9-10-16(14-8-6-5-7-12(13)14)35-37(33,34)21(26,27)19(22,23)20(24,25)36(30,31)32/h5-10H,4,11H2,1-3H3,(H,30,31,32). The maximum atomic E-state index is 14.2. The summed E-state index contributed by atoms with van der Waals surface area (Å²) in [5, 5.41) is -14.4. The van der Waals surface area contributed by atoms with Crippen molar-refractivity contribution >= 4 is 42.6 Å². The van der Waals surface area contributed by atoms with Gasteiger partial charge in [0, 0.05) is 16.4 Å². The van der Waals surface area contributed by atoms with E-state index in [1.54, 1.807) is 20.8 Å². The summed E-state index contributed by atoms with van der Waals surface area (Å²) in [5.41, 5.74) is -1.04. The molecule has 16 heteroatoms. The van der Waals surface area contributed by atoms with E-state index in [1.165, 1.54) is 18.2 Å². The molecule has 0 saturated carbocycles. The quantitative estimate of drug-likeness (QED) is 0.132. The van der Waals surface area contributed by atoms with Gasteiger partial charge in [-0.3, -0.25) is 14.1 Å². The Labute approximate surface area is 207 Å². The summed E-state index contributed by atoms with van der Waals surface area (Å²) in [7, 11) is -14.3. The van der Waals surface area contributed by atoms with Crippen LogP contribution in [-0.2, 0) is 25.0 Å². The number of ketones is 2. The van der Waals surface area contributed by atoms with Gasteiger partial charge in [0.05, 0.1) is 6.42 Å². The molecule has 2 aromatic rings. The molecule has 0 heterocycles. The zero-order valence-electron chi connectivity index (χ0n) is 19.3. The highest BCUT2D eigenvalue weighted by Crippen LogP contribution is 2.51. The topological polar surface area (TPSA) is 132 Å². The molecule has 2 rings (SSSR count). The van der Waals surface area contributed by atoms with Gasteiger partial charge < -0.3 is 4.18 Å². The molecule has 0 spiro atoms. The van der Waals surface area contributed by atoms with E-state index >= 15 is 0 Å². The summed E-state index contributed by atoms with van der Waals surface area (Å²) >= 11 is 0. The molecule has 0 aromatic heterocycles. The van der Waals surface area contributed by atoms with Gasteiger partial charge in [-0.15, -0.1) is 0 Å². The highest BCUT2D eigenvalue weighted by atomic mass is 32.2. The van der Waals surface area contributed by atoms with Gasteiger partial charge in [-0.25, -0.2) is 0 Å². The SMILES string of the molecule is CCC(C)(C)C(=O)CC(=O)c1ccc(OS(=O)(=O)C(F)(F)C(F)(F)C(F)(F)S(=O)(=O)O)c2ccccc12. The second-order valence-electron chi connectivity index (χ2n) is 8.54. The van der Waals surface area contributed by atoms with E-state index in [0.717, 1.165) is 12.1 Å². The zero-order chi connectivity index (χ0) is 28.8. The van der Waals surface area contributed by atoms with E-state index in [-0.39, 0.29) is 10.9 Å². The van der Waals surface area contributed by atoms with Crippen LogP contribution in [0, 0.1) is 5.41 Å². The first-order chi connectivity index (χ1) is 16.5. The number of benzene rings is 2. The summed E-state index contributed by atoms with van der Waals surface area (Å²) < 4.78 is 140. The lowest BCUT2D eigenvalue weighted by molar-refractivity contribution is -0.247. The minimum Gasteiger partial charge on any atom is -0.377 e. The lowest BCUT2D eigenvalue weighted by Crippen LogP contribution is -2.61. The summed E-state index contributed by atoms with van der Waals surface area (Å²) in [4.78, 5) is 25.2. The van der Waals surface area contributed by atoms with Crippen molar-refractivity contribution in [3.8, 4) is 5.75 Å². The number of hydrogen-bond donors (Lipinski definition) is 1. The predicted molar refractivity (Wildman–Crippen MR) is 118 cm³/mol. The molecule has 0 radical (unpaired) electrons. The van der Waals surface area contributed by atoms with E-state index in [1.807, 2.05) is 0 Å². The Bertz CT molecular complexity index is 1450. The third-order valence-electron chi connectivity index (χ3n) is 5.71. The van der Waals surface area contributed by atoms with E-state index in [4.69, 9.17) is 4.55 Å². The van der Waals surface area contributed by atoms with Crippen LogP contribution in [0.2, 0.25) is 0 Å². The Morgan fingerprint density at radius 3 is 1.86 bits per heavy atom. The normalized spacial score (nSPS) is 14.0. The maximum Gasteiger partial charge on any atom is 0.450 e. The molecule has 8 nitrogen and oxygen atoms in total. The van der Waals surface area contributed by atoms with E-state index in [2.05, 4.69) is 4.18 Å². The van der Waals surface area contributed by atoms with Gasteiger partial charge in [-0.05, 0) is 23.9 Å². The van der Waals surface area contributed by atoms with Gasteiger partial charge in [-0.2, -0.15) is 43.2 Å². The molecule has 2 aromatic carbocycles. The molecule has 0 aliphatic rings. The third kappa shape index (κ3) is 5.18. The molecule has 0 bridgehead atoms. The molecule has 0 unspecified atom stereocenters. The summed E-state index contributed by atoms with van der Waals surface area (Å²) in [6.45, 7) is 4.92. The van der Waals surface area contributed by atoms with E-state index < -0.39 is 71.2 Å². The molecular formula is C21H20F6O8S2. The third-order valence-corrected chi connectivity index (χ3v) is 7.90. The average molecular weight is 579 g/mol. The van der Waals surface area contributed by atoms with Crippen LogP contribution in [0.15, 0.2) is 36.4 Å². The number of carbonyl (C=O) groups excluding carboxylic acids is 2. The fraction of sp³-hybridized carbons (Fsp3) is 0.429. The predicted octanol–water partition coefficient (Wildman–Crippen LogP) is 4.84. The average Bonchev–Trinajstić information content (AvgIpc) is 2.77. The van der Waals surface area contributed by atoms with Crippen molar-refractivity contribution in [2.45, 2.75) is 50.0 Å². The van der Waals surface area contributed by atoms with Crippen LogP contribution >= 0.6 is 0 Å². The van der Waals surface area contributed by atoms with Crippen molar-refractivity contribution in [2.75, 3.05) is 0 Å².